The molecule has 0 unspecified atom stereocenters. The summed E-state index contributed by atoms with van der Waals surface area (Å²) in [5.41, 5.74) is 9.68. The molecule has 2 rings (SSSR count). The van der Waals surface area contributed by atoms with Crippen LogP contribution in [0.1, 0.15) is 29.3 Å². The standard InChI is InChI=1S/C17H22N4O2/c1-5-14-12(4)16(23)21(17(18)20-14)9-15(22)19-13-7-6-10(2)11(3)8-13/h6-8H,5,9H2,1-4H3,(H2,18,20)(H,19,22). The zero-order valence-electron chi connectivity index (χ0n) is 13.9. The van der Waals surface area contributed by atoms with E-state index in [9.17, 15) is 9.59 Å². The van der Waals surface area contributed by atoms with E-state index in [0.29, 0.717) is 23.4 Å². The number of nitrogens with two attached hydrogens (primary N) is 1. The van der Waals surface area contributed by atoms with Gasteiger partial charge in [0, 0.05) is 11.3 Å². The highest BCUT2D eigenvalue weighted by Crippen LogP contribution is 2.14. The third-order valence-corrected chi connectivity index (χ3v) is 3.95. The summed E-state index contributed by atoms with van der Waals surface area (Å²) >= 11 is 0. The van der Waals surface area contributed by atoms with E-state index in [1.165, 1.54) is 4.57 Å². The summed E-state index contributed by atoms with van der Waals surface area (Å²) in [6.45, 7) is 7.43. The van der Waals surface area contributed by atoms with Crippen LogP contribution in [-0.2, 0) is 17.8 Å². The molecule has 0 saturated carbocycles. The third-order valence-electron chi connectivity index (χ3n) is 3.95. The Morgan fingerprint density at radius 2 is 1.96 bits per heavy atom. The van der Waals surface area contributed by atoms with Crippen LogP contribution in [0.2, 0.25) is 0 Å². The van der Waals surface area contributed by atoms with Gasteiger partial charge in [-0.1, -0.05) is 13.0 Å². The van der Waals surface area contributed by atoms with Crippen molar-refractivity contribution in [3.63, 3.8) is 0 Å². The number of nitrogen functional groups attached to an aromatic ring is 1. The van der Waals surface area contributed by atoms with Crippen molar-refractivity contribution in [3.05, 3.63) is 50.9 Å². The highest BCUT2D eigenvalue weighted by molar-refractivity contribution is 5.90. The van der Waals surface area contributed by atoms with E-state index in [1.54, 1.807) is 6.92 Å². The second-order valence-corrected chi connectivity index (χ2v) is 5.63. The fraction of sp³-hybridized carbons (Fsp3) is 0.353. The van der Waals surface area contributed by atoms with E-state index in [0.717, 1.165) is 11.1 Å². The van der Waals surface area contributed by atoms with Crippen LogP contribution in [0.3, 0.4) is 0 Å². The van der Waals surface area contributed by atoms with Crippen LogP contribution in [0, 0.1) is 20.8 Å². The van der Waals surface area contributed by atoms with Crippen molar-refractivity contribution in [1.82, 2.24) is 9.55 Å². The molecule has 3 N–H and O–H groups in total. The topological polar surface area (TPSA) is 90.0 Å². The van der Waals surface area contributed by atoms with Gasteiger partial charge in [0.1, 0.15) is 6.54 Å². The minimum Gasteiger partial charge on any atom is -0.369 e. The average Bonchev–Trinajstić information content (AvgIpc) is 2.51. The monoisotopic (exact) mass is 314 g/mol. The SMILES string of the molecule is CCc1nc(N)n(CC(=O)Nc2ccc(C)c(C)c2)c(=O)c1C. The molecule has 1 amide bonds. The Labute approximate surface area is 135 Å². The predicted octanol–water partition coefficient (Wildman–Crippen LogP) is 1.95. The van der Waals surface area contributed by atoms with Crippen LogP contribution in [0.15, 0.2) is 23.0 Å². The van der Waals surface area contributed by atoms with Crippen LogP contribution in [0.4, 0.5) is 11.6 Å². The quantitative estimate of drug-likeness (QED) is 0.902. The molecule has 0 aliphatic rings. The molecule has 6 nitrogen and oxygen atoms in total. The number of carbonyl (C=O) groups excluding carboxylic acids is 1. The molecule has 0 bridgehead atoms. The molecule has 23 heavy (non-hydrogen) atoms. The number of aromatic nitrogens is 2. The summed E-state index contributed by atoms with van der Waals surface area (Å²) in [5, 5.41) is 2.78. The molecule has 0 aliphatic heterocycles. The summed E-state index contributed by atoms with van der Waals surface area (Å²) in [7, 11) is 0. The molecule has 1 heterocycles. The molecule has 0 aliphatic carbocycles. The molecule has 0 atom stereocenters. The van der Waals surface area contributed by atoms with E-state index in [2.05, 4.69) is 10.3 Å². The Hall–Kier alpha value is -2.63. The van der Waals surface area contributed by atoms with Gasteiger partial charge in [0.2, 0.25) is 11.9 Å². The van der Waals surface area contributed by atoms with E-state index in [-0.39, 0.29) is 24.0 Å². The molecule has 2 aromatic rings. The predicted molar refractivity (Wildman–Crippen MR) is 91.6 cm³/mol. The lowest BCUT2D eigenvalue weighted by molar-refractivity contribution is -0.116. The molecule has 1 aromatic carbocycles. The number of nitrogens with one attached hydrogen (secondary N) is 1. The normalized spacial score (nSPS) is 10.6. The Balaban J connectivity index is 2.22. The summed E-state index contributed by atoms with van der Waals surface area (Å²) in [6, 6.07) is 5.66. The van der Waals surface area contributed by atoms with Crippen molar-refractivity contribution in [2.45, 2.75) is 40.7 Å². The number of aryl methyl sites for hydroxylation is 3. The van der Waals surface area contributed by atoms with Gasteiger partial charge in [-0.3, -0.25) is 14.2 Å². The van der Waals surface area contributed by atoms with Gasteiger partial charge < -0.3 is 11.1 Å². The molecular formula is C17H22N4O2. The lowest BCUT2D eigenvalue weighted by atomic mass is 10.1. The number of anilines is 2. The molecule has 0 fully saturated rings. The first-order valence-corrected chi connectivity index (χ1v) is 7.56. The van der Waals surface area contributed by atoms with Crippen molar-refractivity contribution in [2.24, 2.45) is 0 Å². The van der Waals surface area contributed by atoms with Crippen molar-refractivity contribution >= 4 is 17.5 Å². The largest absolute Gasteiger partial charge is 0.369 e. The summed E-state index contributed by atoms with van der Waals surface area (Å²) in [5.74, 6) is -0.250. The number of rotatable bonds is 4. The Bertz CT molecular complexity index is 809. The van der Waals surface area contributed by atoms with Gasteiger partial charge in [-0.25, -0.2) is 4.98 Å². The average molecular weight is 314 g/mol. The first-order chi connectivity index (χ1) is 10.8. The minimum atomic E-state index is -0.312. The van der Waals surface area contributed by atoms with Gasteiger partial charge >= 0.3 is 0 Å². The maximum absolute atomic E-state index is 12.3. The van der Waals surface area contributed by atoms with Gasteiger partial charge in [-0.05, 0) is 50.5 Å². The maximum atomic E-state index is 12.3. The van der Waals surface area contributed by atoms with Crippen LogP contribution in [0.25, 0.3) is 0 Å². The molecule has 0 radical (unpaired) electrons. The van der Waals surface area contributed by atoms with Gasteiger partial charge in [0.15, 0.2) is 0 Å². The Morgan fingerprint density at radius 3 is 2.57 bits per heavy atom. The Kier molecular flexibility index (Phi) is 4.83. The maximum Gasteiger partial charge on any atom is 0.258 e. The molecule has 6 heteroatoms. The van der Waals surface area contributed by atoms with Crippen LogP contribution >= 0.6 is 0 Å². The van der Waals surface area contributed by atoms with Crippen molar-refractivity contribution in [2.75, 3.05) is 11.1 Å². The molecular weight excluding hydrogens is 292 g/mol. The smallest absolute Gasteiger partial charge is 0.258 e. The number of hydrogen-bond acceptors (Lipinski definition) is 4. The third kappa shape index (κ3) is 3.59. The number of nitrogens with zero attached hydrogens (tertiary/aromatic N) is 2. The zero-order valence-corrected chi connectivity index (χ0v) is 13.9. The number of benzene rings is 1. The summed E-state index contributed by atoms with van der Waals surface area (Å²) < 4.78 is 1.20. The number of carbonyl (C=O) groups is 1. The molecule has 0 saturated heterocycles. The fourth-order valence-electron chi connectivity index (χ4n) is 2.37. The van der Waals surface area contributed by atoms with E-state index in [1.807, 2.05) is 39.0 Å². The highest BCUT2D eigenvalue weighted by Gasteiger charge is 2.13. The van der Waals surface area contributed by atoms with Crippen molar-refractivity contribution in [3.8, 4) is 0 Å². The van der Waals surface area contributed by atoms with E-state index < -0.39 is 0 Å². The summed E-state index contributed by atoms with van der Waals surface area (Å²) in [4.78, 5) is 28.7. The van der Waals surface area contributed by atoms with Crippen molar-refractivity contribution < 1.29 is 4.79 Å². The van der Waals surface area contributed by atoms with Gasteiger partial charge in [0.25, 0.3) is 5.56 Å². The highest BCUT2D eigenvalue weighted by atomic mass is 16.2. The van der Waals surface area contributed by atoms with Crippen LogP contribution in [-0.4, -0.2) is 15.5 Å². The lowest BCUT2D eigenvalue weighted by Gasteiger charge is -2.13. The number of hydrogen-bond donors (Lipinski definition) is 2. The molecule has 122 valence electrons. The van der Waals surface area contributed by atoms with E-state index in [4.69, 9.17) is 5.73 Å². The zero-order chi connectivity index (χ0) is 17.1. The minimum absolute atomic E-state index is 0.0627. The number of amides is 1. The van der Waals surface area contributed by atoms with Crippen LogP contribution < -0.4 is 16.6 Å². The lowest BCUT2D eigenvalue weighted by Crippen LogP contribution is -2.32. The van der Waals surface area contributed by atoms with Crippen LogP contribution in [0.5, 0.6) is 0 Å². The Morgan fingerprint density at radius 1 is 1.26 bits per heavy atom. The first-order valence-electron chi connectivity index (χ1n) is 7.56. The molecule has 1 aromatic heterocycles. The summed E-state index contributed by atoms with van der Waals surface area (Å²) in [6.07, 6.45) is 0.626. The molecule has 0 spiro atoms. The van der Waals surface area contributed by atoms with Gasteiger partial charge in [-0.2, -0.15) is 0 Å². The van der Waals surface area contributed by atoms with Gasteiger partial charge in [0.05, 0.1) is 5.69 Å². The van der Waals surface area contributed by atoms with Gasteiger partial charge in [-0.15, -0.1) is 0 Å². The fourth-order valence-corrected chi connectivity index (χ4v) is 2.37. The second-order valence-electron chi connectivity index (χ2n) is 5.63. The van der Waals surface area contributed by atoms with Crippen molar-refractivity contribution in [1.29, 1.82) is 0 Å². The first kappa shape index (κ1) is 16.7. The van der Waals surface area contributed by atoms with E-state index >= 15 is 0 Å². The second kappa shape index (κ2) is 6.64.